The van der Waals surface area contributed by atoms with E-state index in [1.165, 1.54) is 39.1 Å². The zero-order valence-electron chi connectivity index (χ0n) is 16.6. The third-order valence-corrected chi connectivity index (χ3v) is 5.64. The Morgan fingerprint density at radius 1 is 0.852 bits per heavy atom. The quantitative estimate of drug-likeness (QED) is 0.678. The molecule has 0 spiro atoms. The maximum Gasteiger partial charge on any atom is 0.0480 e. The molecule has 0 saturated heterocycles. The van der Waals surface area contributed by atoms with Gasteiger partial charge in [-0.25, -0.2) is 0 Å². The number of nitrogens with one attached hydrogen (secondary N) is 1. The second-order valence-electron chi connectivity index (χ2n) is 7.58. The summed E-state index contributed by atoms with van der Waals surface area (Å²) in [6, 6.07) is 4.54. The van der Waals surface area contributed by atoms with Crippen molar-refractivity contribution >= 4 is 25.3 Å². The maximum atomic E-state index is 4.31. The van der Waals surface area contributed by atoms with Gasteiger partial charge in [-0.05, 0) is 55.5 Å². The number of benzene rings is 1. The molecule has 0 fully saturated rings. The van der Waals surface area contributed by atoms with Crippen molar-refractivity contribution in [3.05, 3.63) is 69.1 Å². The molecule has 0 amide bonds. The highest BCUT2D eigenvalue weighted by atomic mass is 14.9. The highest BCUT2D eigenvalue weighted by Crippen LogP contribution is 2.35. The fourth-order valence-electron chi connectivity index (χ4n) is 4.12. The standard InChI is InChI=1S/C25H26N2/c1-15-12-17(3)21(13-16(15)2)24-18(4)26-19(5)25(24)22-14-27(6)23-11-9-7-8-10-20(22)23/h8-14,26H,4-5,7H2,1-3,6H3. The Kier molecular flexibility index (Phi) is 4.07. The summed E-state index contributed by atoms with van der Waals surface area (Å²) in [6.45, 7) is 15.1. The third-order valence-electron chi connectivity index (χ3n) is 5.64. The molecule has 0 aliphatic heterocycles. The van der Waals surface area contributed by atoms with Gasteiger partial charge in [0, 0.05) is 51.9 Å². The molecule has 1 aliphatic carbocycles. The zero-order valence-corrected chi connectivity index (χ0v) is 16.6. The summed E-state index contributed by atoms with van der Waals surface area (Å²) < 4.78 is 2.20. The van der Waals surface area contributed by atoms with Gasteiger partial charge in [-0.1, -0.05) is 43.5 Å². The summed E-state index contributed by atoms with van der Waals surface area (Å²) in [6.07, 6.45) is 12.0. The first kappa shape index (κ1) is 17.4. The molecule has 0 saturated carbocycles. The fraction of sp³-hybridized carbons (Fsp3) is 0.200. The molecule has 2 heteroatoms. The molecule has 0 atom stereocenters. The van der Waals surface area contributed by atoms with E-state index in [0.717, 1.165) is 28.2 Å². The van der Waals surface area contributed by atoms with Gasteiger partial charge in [-0.3, -0.25) is 0 Å². The highest BCUT2D eigenvalue weighted by molar-refractivity contribution is 5.91. The Morgan fingerprint density at radius 2 is 1.48 bits per heavy atom. The Bertz CT molecular complexity index is 1210. The van der Waals surface area contributed by atoms with Crippen molar-refractivity contribution in [2.45, 2.75) is 27.2 Å². The van der Waals surface area contributed by atoms with Crippen molar-refractivity contribution in [2.75, 3.05) is 0 Å². The Balaban J connectivity index is 2.07. The van der Waals surface area contributed by atoms with Crippen molar-refractivity contribution in [1.29, 1.82) is 0 Å². The summed E-state index contributed by atoms with van der Waals surface area (Å²) >= 11 is 0. The second-order valence-corrected chi connectivity index (χ2v) is 7.58. The van der Waals surface area contributed by atoms with Gasteiger partial charge >= 0.3 is 0 Å². The number of allylic oxidation sites excluding steroid dienone is 2. The third kappa shape index (κ3) is 2.73. The van der Waals surface area contributed by atoms with E-state index in [1.807, 2.05) is 0 Å². The van der Waals surface area contributed by atoms with Gasteiger partial charge in [0.05, 0.1) is 0 Å². The van der Waals surface area contributed by atoms with E-state index in [4.69, 9.17) is 0 Å². The maximum absolute atomic E-state index is 4.31. The van der Waals surface area contributed by atoms with Crippen LogP contribution in [0.4, 0.5) is 0 Å². The number of nitrogens with zero attached hydrogens (tertiary/aromatic N) is 1. The van der Waals surface area contributed by atoms with Gasteiger partial charge in [0.25, 0.3) is 0 Å². The molecular weight excluding hydrogens is 328 g/mol. The number of H-pyrrole nitrogens is 1. The van der Waals surface area contributed by atoms with Crippen LogP contribution in [0.5, 0.6) is 0 Å². The highest BCUT2D eigenvalue weighted by Gasteiger charge is 2.20. The monoisotopic (exact) mass is 354 g/mol. The van der Waals surface area contributed by atoms with E-state index >= 15 is 0 Å². The molecule has 4 rings (SSSR count). The lowest BCUT2D eigenvalue weighted by Gasteiger charge is -2.12. The minimum Gasteiger partial charge on any atom is -0.355 e. The van der Waals surface area contributed by atoms with Gasteiger partial charge in [0.2, 0.25) is 0 Å². The number of hydrogen-bond donors (Lipinski definition) is 1. The van der Waals surface area contributed by atoms with Gasteiger partial charge in [-0.2, -0.15) is 0 Å². The largest absolute Gasteiger partial charge is 0.355 e. The molecule has 3 aromatic rings. The molecule has 2 heterocycles. The normalized spacial score (nSPS) is 13.0. The lowest BCUT2D eigenvalue weighted by Crippen LogP contribution is -2.07. The van der Waals surface area contributed by atoms with E-state index in [9.17, 15) is 0 Å². The van der Waals surface area contributed by atoms with Gasteiger partial charge < -0.3 is 9.55 Å². The summed E-state index contributed by atoms with van der Waals surface area (Å²) in [7, 11) is 2.10. The van der Waals surface area contributed by atoms with Crippen LogP contribution in [0.25, 0.3) is 47.6 Å². The predicted molar refractivity (Wildman–Crippen MR) is 118 cm³/mol. The molecule has 2 aromatic heterocycles. The fourth-order valence-corrected chi connectivity index (χ4v) is 4.12. The van der Waals surface area contributed by atoms with Gasteiger partial charge in [0.15, 0.2) is 0 Å². The number of hydrogen-bond acceptors (Lipinski definition) is 0. The van der Waals surface area contributed by atoms with Crippen molar-refractivity contribution < 1.29 is 0 Å². The Labute approximate surface area is 160 Å². The molecule has 2 nitrogen and oxygen atoms in total. The van der Waals surface area contributed by atoms with E-state index in [0.29, 0.717) is 0 Å². The molecule has 1 aliphatic rings. The summed E-state index contributed by atoms with van der Waals surface area (Å²) in [4.78, 5) is 3.39. The number of fused-ring (bicyclic) bond motifs is 1. The second kappa shape index (κ2) is 6.31. The van der Waals surface area contributed by atoms with Crippen LogP contribution in [-0.4, -0.2) is 9.55 Å². The minimum atomic E-state index is 0.919. The Hall–Kier alpha value is -3.00. The van der Waals surface area contributed by atoms with Crippen molar-refractivity contribution in [3.63, 3.8) is 0 Å². The van der Waals surface area contributed by atoms with E-state index in [-0.39, 0.29) is 0 Å². The van der Waals surface area contributed by atoms with Gasteiger partial charge in [-0.15, -0.1) is 0 Å². The molecule has 136 valence electrons. The number of aromatic amines is 1. The topological polar surface area (TPSA) is 20.7 Å². The zero-order chi connectivity index (χ0) is 19.3. The van der Waals surface area contributed by atoms with Crippen LogP contribution in [0, 0.1) is 20.8 Å². The van der Waals surface area contributed by atoms with Crippen LogP contribution in [0.3, 0.4) is 0 Å². The van der Waals surface area contributed by atoms with Crippen molar-refractivity contribution in [2.24, 2.45) is 7.05 Å². The summed E-state index contributed by atoms with van der Waals surface area (Å²) in [5.74, 6) is 0. The van der Waals surface area contributed by atoms with Crippen LogP contribution in [0.1, 0.15) is 34.4 Å². The summed E-state index contributed by atoms with van der Waals surface area (Å²) in [5.41, 5.74) is 11.1. The lowest BCUT2D eigenvalue weighted by atomic mass is 9.91. The average Bonchev–Trinajstić information content (AvgIpc) is 2.95. The minimum absolute atomic E-state index is 0.919. The first-order valence-electron chi connectivity index (χ1n) is 9.39. The number of aryl methyl sites for hydroxylation is 4. The Morgan fingerprint density at radius 3 is 2.22 bits per heavy atom. The molecule has 0 radical (unpaired) electrons. The molecule has 27 heavy (non-hydrogen) atoms. The first-order chi connectivity index (χ1) is 12.9. The number of rotatable bonds is 2. The molecule has 0 bridgehead atoms. The molecule has 0 unspecified atom stereocenters. The summed E-state index contributed by atoms with van der Waals surface area (Å²) in [5, 5.41) is 1.84. The van der Waals surface area contributed by atoms with Crippen LogP contribution in [-0.2, 0) is 7.05 Å². The van der Waals surface area contributed by atoms with Gasteiger partial charge in [0.1, 0.15) is 0 Å². The van der Waals surface area contributed by atoms with E-state index in [1.54, 1.807) is 0 Å². The molecule has 1 N–H and O–H groups in total. The first-order valence-corrected chi connectivity index (χ1v) is 9.39. The van der Waals surface area contributed by atoms with E-state index in [2.05, 4.69) is 93.2 Å². The van der Waals surface area contributed by atoms with Crippen LogP contribution >= 0.6 is 0 Å². The SMILES string of the molecule is C=c1[nH]c(=C)c(-c2cn(C)c3c2C=CCC=C3)c1-c1cc(C)c(C)cc1C. The lowest BCUT2D eigenvalue weighted by molar-refractivity contribution is 0.914. The molecular formula is C25H26N2. The van der Waals surface area contributed by atoms with Crippen molar-refractivity contribution in [1.82, 2.24) is 9.55 Å². The van der Waals surface area contributed by atoms with E-state index < -0.39 is 0 Å². The van der Waals surface area contributed by atoms with Crippen LogP contribution in [0.2, 0.25) is 0 Å². The smallest absolute Gasteiger partial charge is 0.0480 e. The van der Waals surface area contributed by atoms with Crippen LogP contribution in [0.15, 0.2) is 30.5 Å². The molecule has 1 aromatic carbocycles. The average molecular weight is 354 g/mol. The van der Waals surface area contributed by atoms with Crippen LogP contribution < -0.4 is 10.7 Å². The predicted octanol–water partition coefficient (Wildman–Crippen LogP) is 4.86. The number of aromatic nitrogens is 2. The van der Waals surface area contributed by atoms with Crippen molar-refractivity contribution in [3.8, 4) is 22.3 Å².